The van der Waals surface area contributed by atoms with Crippen molar-refractivity contribution in [3.63, 3.8) is 0 Å². The maximum Gasteiger partial charge on any atom is 0.177 e. The Morgan fingerprint density at radius 3 is 2.12 bits per heavy atom. The molecule has 122 valence electrons. The largest absolute Gasteiger partial charge is 0.453 e. The average molecular weight is 326 g/mol. The summed E-state index contributed by atoms with van der Waals surface area (Å²) in [7, 11) is 0. The predicted octanol–water partition coefficient (Wildman–Crippen LogP) is 6.73. The molecule has 0 aliphatic heterocycles. The molecule has 0 heterocycles. The first-order chi connectivity index (χ1) is 12.3. The fourth-order valence-corrected chi connectivity index (χ4v) is 2.81. The van der Waals surface area contributed by atoms with Crippen molar-refractivity contribution in [1.82, 2.24) is 0 Å². The van der Waals surface area contributed by atoms with Crippen molar-refractivity contribution in [3.05, 3.63) is 96.6 Å². The molecular weight excluding hydrogens is 308 g/mol. The Labute approximate surface area is 147 Å². The first kappa shape index (κ1) is 15.3. The van der Waals surface area contributed by atoms with Gasteiger partial charge in [0.05, 0.1) is 0 Å². The smallest absolute Gasteiger partial charge is 0.177 e. The summed E-state index contributed by atoms with van der Waals surface area (Å²) in [5, 5.41) is 2.14. The summed E-state index contributed by atoms with van der Waals surface area (Å²) in [5.41, 5.74) is 1.08. The van der Waals surface area contributed by atoms with Crippen molar-refractivity contribution in [1.29, 1.82) is 0 Å². The molecule has 4 aromatic rings. The standard InChI is InChI=1S/C23H18O2/c1-17-9-5-8-14-21(17)25-23-20-13-7-6-10-18(20)15-16-22(23)24-19-11-3-2-4-12-19/h2-16H,1H3. The van der Waals surface area contributed by atoms with E-state index in [9.17, 15) is 0 Å². The first-order valence-corrected chi connectivity index (χ1v) is 8.29. The monoisotopic (exact) mass is 326 g/mol. The van der Waals surface area contributed by atoms with E-state index in [1.807, 2.05) is 79.7 Å². The van der Waals surface area contributed by atoms with Crippen LogP contribution < -0.4 is 9.47 Å². The topological polar surface area (TPSA) is 18.5 Å². The summed E-state index contributed by atoms with van der Waals surface area (Å²) in [6, 6.07) is 29.9. The Kier molecular flexibility index (Phi) is 4.09. The van der Waals surface area contributed by atoms with Crippen LogP contribution in [-0.4, -0.2) is 0 Å². The Hall–Kier alpha value is -3.26. The molecule has 0 saturated heterocycles. The van der Waals surface area contributed by atoms with Crippen molar-refractivity contribution in [3.8, 4) is 23.0 Å². The van der Waals surface area contributed by atoms with E-state index in [-0.39, 0.29) is 0 Å². The van der Waals surface area contributed by atoms with Gasteiger partial charge in [0.15, 0.2) is 11.5 Å². The van der Waals surface area contributed by atoms with Crippen LogP contribution in [-0.2, 0) is 0 Å². The second-order valence-electron chi connectivity index (χ2n) is 5.90. The molecule has 0 bridgehead atoms. The molecule has 0 unspecified atom stereocenters. The summed E-state index contributed by atoms with van der Waals surface area (Å²) in [5.74, 6) is 3.05. The number of para-hydroxylation sites is 2. The average Bonchev–Trinajstić information content (AvgIpc) is 2.66. The van der Waals surface area contributed by atoms with Crippen LogP contribution in [0.1, 0.15) is 5.56 Å². The molecule has 0 aliphatic rings. The van der Waals surface area contributed by atoms with Crippen LogP contribution in [0.15, 0.2) is 91.0 Å². The van der Waals surface area contributed by atoms with Gasteiger partial charge in [0.25, 0.3) is 0 Å². The van der Waals surface area contributed by atoms with Gasteiger partial charge in [0, 0.05) is 5.39 Å². The first-order valence-electron chi connectivity index (χ1n) is 8.29. The van der Waals surface area contributed by atoms with E-state index in [1.54, 1.807) is 0 Å². The van der Waals surface area contributed by atoms with Crippen LogP contribution in [0.25, 0.3) is 10.8 Å². The molecule has 4 rings (SSSR count). The highest BCUT2D eigenvalue weighted by atomic mass is 16.5. The quantitative estimate of drug-likeness (QED) is 0.414. The van der Waals surface area contributed by atoms with Gasteiger partial charge in [-0.15, -0.1) is 0 Å². The molecule has 0 spiro atoms. The second-order valence-corrected chi connectivity index (χ2v) is 5.90. The fourth-order valence-electron chi connectivity index (χ4n) is 2.81. The molecule has 2 heteroatoms. The molecule has 0 radical (unpaired) electrons. The summed E-state index contributed by atoms with van der Waals surface area (Å²) in [6.45, 7) is 2.04. The zero-order valence-electron chi connectivity index (χ0n) is 14.0. The normalized spacial score (nSPS) is 10.6. The van der Waals surface area contributed by atoms with Gasteiger partial charge in [0.1, 0.15) is 11.5 Å². The van der Waals surface area contributed by atoms with E-state index in [4.69, 9.17) is 9.47 Å². The third-order valence-corrected chi connectivity index (χ3v) is 4.12. The molecule has 0 aromatic heterocycles. The van der Waals surface area contributed by atoms with Gasteiger partial charge in [-0.05, 0) is 42.1 Å². The summed E-state index contributed by atoms with van der Waals surface area (Å²) < 4.78 is 12.4. The van der Waals surface area contributed by atoms with E-state index in [0.717, 1.165) is 33.6 Å². The highest BCUT2D eigenvalue weighted by Crippen LogP contribution is 2.41. The van der Waals surface area contributed by atoms with Crippen LogP contribution >= 0.6 is 0 Å². The van der Waals surface area contributed by atoms with Crippen molar-refractivity contribution in [2.45, 2.75) is 6.92 Å². The van der Waals surface area contributed by atoms with Crippen molar-refractivity contribution in [2.24, 2.45) is 0 Å². The number of hydrogen-bond acceptors (Lipinski definition) is 2. The maximum absolute atomic E-state index is 6.30. The molecule has 0 aliphatic carbocycles. The molecule has 0 amide bonds. The minimum absolute atomic E-state index is 0.702. The Morgan fingerprint density at radius 2 is 1.28 bits per heavy atom. The lowest BCUT2D eigenvalue weighted by Gasteiger charge is -2.16. The second kappa shape index (κ2) is 6.70. The number of rotatable bonds is 4. The summed E-state index contributed by atoms with van der Waals surface area (Å²) >= 11 is 0. The van der Waals surface area contributed by atoms with Gasteiger partial charge >= 0.3 is 0 Å². The van der Waals surface area contributed by atoms with E-state index in [2.05, 4.69) is 18.2 Å². The minimum Gasteiger partial charge on any atom is -0.453 e. The number of benzene rings is 4. The van der Waals surface area contributed by atoms with Crippen molar-refractivity contribution in [2.75, 3.05) is 0 Å². The molecule has 25 heavy (non-hydrogen) atoms. The van der Waals surface area contributed by atoms with E-state index >= 15 is 0 Å². The van der Waals surface area contributed by atoms with Gasteiger partial charge in [-0.2, -0.15) is 0 Å². The van der Waals surface area contributed by atoms with Gasteiger partial charge in [0.2, 0.25) is 0 Å². The fraction of sp³-hybridized carbons (Fsp3) is 0.0435. The van der Waals surface area contributed by atoms with Gasteiger partial charge < -0.3 is 9.47 Å². The highest BCUT2D eigenvalue weighted by Gasteiger charge is 2.13. The van der Waals surface area contributed by atoms with Gasteiger partial charge in [-0.1, -0.05) is 66.7 Å². The molecule has 2 nitrogen and oxygen atoms in total. The summed E-state index contributed by atoms with van der Waals surface area (Å²) in [4.78, 5) is 0. The molecule has 4 aromatic carbocycles. The van der Waals surface area contributed by atoms with E-state index < -0.39 is 0 Å². The van der Waals surface area contributed by atoms with Gasteiger partial charge in [-0.25, -0.2) is 0 Å². The lowest BCUT2D eigenvalue weighted by molar-refractivity contribution is 0.421. The van der Waals surface area contributed by atoms with E-state index in [0.29, 0.717) is 5.75 Å². The number of ether oxygens (including phenoxy) is 2. The third-order valence-electron chi connectivity index (χ3n) is 4.12. The van der Waals surface area contributed by atoms with Crippen molar-refractivity contribution >= 4 is 10.8 Å². The molecule has 0 saturated carbocycles. The van der Waals surface area contributed by atoms with Crippen LogP contribution in [0, 0.1) is 6.92 Å². The third kappa shape index (κ3) is 3.20. The lowest BCUT2D eigenvalue weighted by Crippen LogP contribution is -1.93. The summed E-state index contributed by atoms with van der Waals surface area (Å²) in [6.07, 6.45) is 0. The van der Waals surface area contributed by atoms with Crippen LogP contribution in [0.3, 0.4) is 0 Å². The predicted molar refractivity (Wildman–Crippen MR) is 102 cm³/mol. The zero-order valence-corrected chi connectivity index (χ0v) is 14.0. The van der Waals surface area contributed by atoms with E-state index in [1.165, 1.54) is 0 Å². The Balaban J connectivity index is 1.83. The maximum atomic E-state index is 6.30. The Morgan fingerprint density at radius 1 is 0.560 bits per heavy atom. The van der Waals surface area contributed by atoms with Crippen LogP contribution in [0.2, 0.25) is 0 Å². The number of fused-ring (bicyclic) bond motifs is 1. The number of aryl methyl sites for hydroxylation is 1. The van der Waals surface area contributed by atoms with Gasteiger partial charge in [-0.3, -0.25) is 0 Å². The SMILES string of the molecule is Cc1ccccc1Oc1c(Oc2ccccc2)ccc2ccccc12. The zero-order chi connectivity index (χ0) is 17.1. The van der Waals surface area contributed by atoms with Crippen molar-refractivity contribution < 1.29 is 9.47 Å². The molecular formula is C23H18O2. The Bertz CT molecular complexity index is 1010. The van der Waals surface area contributed by atoms with Crippen LogP contribution in [0.5, 0.6) is 23.0 Å². The minimum atomic E-state index is 0.702. The number of hydrogen-bond donors (Lipinski definition) is 0. The highest BCUT2D eigenvalue weighted by molar-refractivity contribution is 5.91. The molecule has 0 fully saturated rings. The lowest BCUT2D eigenvalue weighted by atomic mass is 10.1. The molecule has 0 N–H and O–H groups in total. The van der Waals surface area contributed by atoms with Crippen LogP contribution in [0.4, 0.5) is 0 Å². The molecule has 0 atom stereocenters.